The van der Waals surface area contributed by atoms with Crippen LogP contribution in [0, 0.1) is 5.92 Å². The van der Waals surface area contributed by atoms with Crippen LogP contribution in [-0.2, 0) is 11.3 Å². The number of hydrogen-bond acceptors (Lipinski definition) is 3. The number of nitrogens with two attached hydrogens (primary N) is 1. The molecule has 1 aromatic carbocycles. The van der Waals surface area contributed by atoms with Crippen LogP contribution in [0.5, 0.6) is 0 Å². The first-order chi connectivity index (χ1) is 8.99. The third-order valence-corrected chi connectivity index (χ3v) is 2.84. The van der Waals surface area contributed by atoms with Crippen molar-refractivity contribution in [1.82, 2.24) is 5.32 Å². The summed E-state index contributed by atoms with van der Waals surface area (Å²) in [6.07, 6.45) is 0.206. The van der Waals surface area contributed by atoms with Crippen LogP contribution in [0.2, 0.25) is 0 Å². The van der Waals surface area contributed by atoms with E-state index in [0.29, 0.717) is 12.3 Å². The number of alkyl carbamates (subject to hydrolysis) is 1. The van der Waals surface area contributed by atoms with Crippen LogP contribution in [0.15, 0.2) is 30.3 Å². The molecule has 1 amide bonds. The maximum Gasteiger partial charge on any atom is 0.408 e. The molecule has 104 valence electrons. The zero-order chi connectivity index (χ0) is 14.3. The molecule has 3 N–H and O–H groups in total. The van der Waals surface area contributed by atoms with Gasteiger partial charge in [0.25, 0.3) is 0 Å². The first-order valence-electron chi connectivity index (χ1n) is 6.25. The van der Waals surface area contributed by atoms with Crippen LogP contribution in [-0.4, -0.2) is 17.1 Å². The molecule has 0 aliphatic rings. The third kappa shape index (κ3) is 6.20. The highest BCUT2D eigenvalue weighted by Crippen LogP contribution is 2.06. The van der Waals surface area contributed by atoms with Gasteiger partial charge in [0.15, 0.2) is 0 Å². The van der Waals surface area contributed by atoms with Gasteiger partial charge in [0, 0.05) is 0 Å². The van der Waals surface area contributed by atoms with Crippen molar-refractivity contribution in [2.24, 2.45) is 11.7 Å². The molecule has 0 aromatic heterocycles. The third-order valence-electron chi connectivity index (χ3n) is 2.56. The lowest BCUT2D eigenvalue weighted by Gasteiger charge is -2.19. The highest BCUT2D eigenvalue weighted by molar-refractivity contribution is 7.80. The van der Waals surface area contributed by atoms with E-state index < -0.39 is 6.09 Å². The molecule has 1 rings (SSSR count). The molecule has 0 bridgehead atoms. The number of nitrogens with one attached hydrogen (secondary N) is 1. The number of thiocarbonyl (C=S) groups is 1. The van der Waals surface area contributed by atoms with E-state index in [4.69, 9.17) is 22.7 Å². The second-order valence-electron chi connectivity index (χ2n) is 4.79. The van der Waals surface area contributed by atoms with Gasteiger partial charge in [-0.15, -0.1) is 0 Å². The molecule has 0 fully saturated rings. The van der Waals surface area contributed by atoms with Gasteiger partial charge in [-0.1, -0.05) is 56.4 Å². The number of carbonyl (C=O) groups is 1. The Kier molecular flexibility index (Phi) is 6.29. The van der Waals surface area contributed by atoms with Crippen molar-refractivity contribution >= 4 is 23.3 Å². The number of amides is 1. The van der Waals surface area contributed by atoms with Gasteiger partial charge in [-0.25, -0.2) is 4.79 Å². The molecule has 5 heteroatoms. The van der Waals surface area contributed by atoms with E-state index in [0.717, 1.165) is 5.56 Å². The average molecular weight is 280 g/mol. The number of carbonyl (C=O) groups excluding carboxylic acids is 1. The topological polar surface area (TPSA) is 64.3 Å². The average Bonchev–Trinajstić information content (AvgIpc) is 2.36. The van der Waals surface area contributed by atoms with Gasteiger partial charge in [0.2, 0.25) is 0 Å². The van der Waals surface area contributed by atoms with Crippen LogP contribution < -0.4 is 11.1 Å². The number of ether oxygens (including phenoxy) is 1. The fourth-order valence-corrected chi connectivity index (χ4v) is 1.78. The summed E-state index contributed by atoms with van der Waals surface area (Å²) in [6.45, 7) is 4.32. The summed E-state index contributed by atoms with van der Waals surface area (Å²) in [7, 11) is 0. The van der Waals surface area contributed by atoms with E-state index in [9.17, 15) is 4.79 Å². The minimum Gasteiger partial charge on any atom is -0.445 e. The van der Waals surface area contributed by atoms with Crippen molar-refractivity contribution in [2.75, 3.05) is 0 Å². The SMILES string of the molecule is CC(C)C[C@H](NC(=O)OCc1ccccc1)C(N)=S. The lowest BCUT2D eigenvalue weighted by molar-refractivity contribution is 0.137. The first-order valence-corrected chi connectivity index (χ1v) is 6.66. The molecule has 1 atom stereocenters. The van der Waals surface area contributed by atoms with Crippen molar-refractivity contribution in [3.05, 3.63) is 35.9 Å². The zero-order valence-corrected chi connectivity index (χ0v) is 12.1. The van der Waals surface area contributed by atoms with Crippen LogP contribution in [0.4, 0.5) is 4.79 Å². The first kappa shape index (κ1) is 15.4. The highest BCUT2D eigenvalue weighted by atomic mass is 32.1. The van der Waals surface area contributed by atoms with Crippen molar-refractivity contribution < 1.29 is 9.53 Å². The molecule has 0 unspecified atom stereocenters. The lowest BCUT2D eigenvalue weighted by atomic mass is 10.0. The highest BCUT2D eigenvalue weighted by Gasteiger charge is 2.17. The Morgan fingerprint density at radius 1 is 1.37 bits per heavy atom. The minimum atomic E-state index is -0.498. The quantitative estimate of drug-likeness (QED) is 0.786. The summed E-state index contributed by atoms with van der Waals surface area (Å²) in [5, 5.41) is 2.69. The van der Waals surface area contributed by atoms with Crippen molar-refractivity contribution in [3.63, 3.8) is 0 Å². The summed E-state index contributed by atoms with van der Waals surface area (Å²) >= 11 is 4.94. The summed E-state index contributed by atoms with van der Waals surface area (Å²) in [5.74, 6) is 0.390. The second kappa shape index (κ2) is 7.74. The van der Waals surface area contributed by atoms with E-state index in [1.807, 2.05) is 44.2 Å². The zero-order valence-electron chi connectivity index (χ0n) is 11.3. The minimum absolute atomic E-state index is 0.235. The molecule has 4 nitrogen and oxygen atoms in total. The molecule has 0 saturated carbocycles. The summed E-state index contributed by atoms with van der Waals surface area (Å²) in [4.78, 5) is 11.9. The molecular formula is C14H20N2O2S. The van der Waals surface area contributed by atoms with Crippen molar-refractivity contribution in [1.29, 1.82) is 0 Å². The van der Waals surface area contributed by atoms with E-state index in [-0.39, 0.29) is 17.6 Å². The summed E-state index contributed by atoms with van der Waals surface area (Å²) in [5.41, 5.74) is 6.54. The molecule has 0 aliphatic carbocycles. The lowest BCUT2D eigenvalue weighted by Crippen LogP contribution is -2.44. The smallest absolute Gasteiger partial charge is 0.408 e. The normalized spacial score (nSPS) is 11.9. The number of hydrogen-bond donors (Lipinski definition) is 2. The molecule has 0 radical (unpaired) electrons. The molecule has 0 spiro atoms. The summed E-state index contributed by atoms with van der Waals surface area (Å²) < 4.78 is 5.13. The Morgan fingerprint density at radius 3 is 2.53 bits per heavy atom. The van der Waals surface area contributed by atoms with E-state index >= 15 is 0 Å². The second-order valence-corrected chi connectivity index (χ2v) is 5.26. The van der Waals surface area contributed by atoms with Gasteiger partial charge in [-0.05, 0) is 17.9 Å². The fourth-order valence-electron chi connectivity index (χ4n) is 1.62. The van der Waals surface area contributed by atoms with Gasteiger partial charge >= 0.3 is 6.09 Å². The van der Waals surface area contributed by atoms with E-state index in [1.54, 1.807) is 0 Å². The Labute approximate surface area is 119 Å². The Morgan fingerprint density at radius 2 is 2.00 bits per heavy atom. The number of rotatable bonds is 6. The van der Waals surface area contributed by atoms with Gasteiger partial charge in [0.1, 0.15) is 6.61 Å². The van der Waals surface area contributed by atoms with E-state index in [1.165, 1.54) is 0 Å². The molecule has 0 aliphatic heterocycles. The monoisotopic (exact) mass is 280 g/mol. The van der Waals surface area contributed by atoms with Gasteiger partial charge in [0.05, 0.1) is 11.0 Å². The van der Waals surface area contributed by atoms with Gasteiger partial charge in [-0.2, -0.15) is 0 Å². The Hall–Kier alpha value is -1.62. The van der Waals surface area contributed by atoms with Gasteiger partial charge < -0.3 is 15.8 Å². The Bertz CT molecular complexity index is 421. The van der Waals surface area contributed by atoms with Gasteiger partial charge in [-0.3, -0.25) is 0 Å². The maximum atomic E-state index is 11.7. The molecule has 0 heterocycles. The predicted octanol–water partition coefficient (Wildman–Crippen LogP) is 2.61. The predicted molar refractivity (Wildman–Crippen MR) is 79.8 cm³/mol. The maximum absolute atomic E-state index is 11.7. The standard InChI is InChI=1S/C14H20N2O2S/c1-10(2)8-12(13(15)19)16-14(17)18-9-11-6-4-3-5-7-11/h3-7,10,12H,8-9H2,1-2H3,(H2,15,19)(H,16,17)/t12-/m0/s1. The van der Waals surface area contributed by atoms with Crippen molar-refractivity contribution in [3.8, 4) is 0 Å². The van der Waals surface area contributed by atoms with Crippen molar-refractivity contribution in [2.45, 2.75) is 32.9 Å². The van der Waals surface area contributed by atoms with Crippen LogP contribution >= 0.6 is 12.2 Å². The van der Waals surface area contributed by atoms with Crippen LogP contribution in [0.3, 0.4) is 0 Å². The van der Waals surface area contributed by atoms with E-state index in [2.05, 4.69) is 5.32 Å². The molecule has 0 saturated heterocycles. The molecular weight excluding hydrogens is 260 g/mol. The van der Waals surface area contributed by atoms with Crippen LogP contribution in [0.25, 0.3) is 0 Å². The fraction of sp³-hybridized carbons (Fsp3) is 0.429. The largest absolute Gasteiger partial charge is 0.445 e. The molecule has 19 heavy (non-hydrogen) atoms. The van der Waals surface area contributed by atoms with Crippen LogP contribution in [0.1, 0.15) is 25.8 Å². The molecule has 1 aromatic rings. The number of benzene rings is 1. The Balaban J connectivity index is 2.42. The summed E-state index contributed by atoms with van der Waals surface area (Å²) in [6, 6.07) is 9.17.